The highest BCUT2D eigenvalue weighted by Crippen LogP contribution is 2.17. The van der Waals surface area contributed by atoms with Crippen molar-refractivity contribution in [3.63, 3.8) is 0 Å². The van der Waals surface area contributed by atoms with Crippen molar-refractivity contribution in [1.82, 2.24) is 0 Å². The minimum absolute atomic E-state index is 0.423. The number of aromatic nitrogens is 2. The SMILES string of the molecule is CC[n+]1c(Cc2ccc3ccccc3[n+]2C(C)C)ccc2ccccc21. The summed E-state index contributed by atoms with van der Waals surface area (Å²) in [5, 5.41) is 2.60. The number of para-hydroxylation sites is 2. The smallest absolute Gasteiger partial charge is 0.195 e. The van der Waals surface area contributed by atoms with Gasteiger partial charge < -0.3 is 0 Å². The third-order valence-corrected chi connectivity index (χ3v) is 5.19. The lowest BCUT2D eigenvalue weighted by molar-refractivity contribution is -0.703. The molecule has 4 aromatic rings. The summed E-state index contributed by atoms with van der Waals surface area (Å²) in [7, 11) is 0. The summed E-state index contributed by atoms with van der Waals surface area (Å²) >= 11 is 0. The number of rotatable bonds is 4. The third kappa shape index (κ3) is 2.86. The molecular formula is C24H26N2+2. The van der Waals surface area contributed by atoms with Gasteiger partial charge in [-0.15, -0.1) is 0 Å². The highest BCUT2D eigenvalue weighted by atomic mass is 15.0. The van der Waals surface area contributed by atoms with Gasteiger partial charge in [0.1, 0.15) is 13.0 Å². The summed E-state index contributed by atoms with van der Waals surface area (Å²) in [4.78, 5) is 0. The minimum Gasteiger partial charge on any atom is -0.195 e. The number of nitrogens with zero attached hydrogens (tertiary/aromatic N) is 2. The van der Waals surface area contributed by atoms with Gasteiger partial charge in [0.25, 0.3) is 0 Å². The molecule has 2 heteroatoms. The first kappa shape index (κ1) is 16.7. The van der Waals surface area contributed by atoms with Crippen molar-refractivity contribution in [3.05, 3.63) is 84.2 Å². The Hall–Kier alpha value is -2.74. The first-order valence-corrected chi connectivity index (χ1v) is 9.51. The average Bonchev–Trinajstić information content (AvgIpc) is 2.67. The largest absolute Gasteiger partial charge is 0.212 e. The van der Waals surface area contributed by atoms with Gasteiger partial charge in [-0.1, -0.05) is 24.3 Å². The van der Waals surface area contributed by atoms with Crippen molar-refractivity contribution in [1.29, 1.82) is 0 Å². The van der Waals surface area contributed by atoms with E-state index in [4.69, 9.17) is 0 Å². The monoisotopic (exact) mass is 342 g/mol. The molecule has 0 aliphatic rings. The van der Waals surface area contributed by atoms with Crippen LogP contribution in [0.1, 0.15) is 38.2 Å². The number of hydrogen-bond acceptors (Lipinski definition) is 0. The van der Waals surface area contributed by atoms with Crippen LogP contribution in [0.4, 0.5) is 0 Å². The molecule has 0 aliphatic heterocycles. The Bertz CT molecular complexity index is 1080. The van der Waals surface area contributed by atoms with Gasteiger partial charge in [0, 0.05) is 35.0 Å². The van der Waals surface area contributed by atoms with Crippen LogP contribution in [0, 0.1) is 0 Å². The summed E-state index contributed by atoms with van der Waals surface area (Å²) in [5.74, 6) is 0. The van der Waals surface area contributed by atoms with Crippen LogP contribution in [0.2, 0.25) is 0 Å². The predicted molar refractivity (Wildman–Crippen MR) is 107 cm³/mol. The Morgan fingerprint density at radius 1 is 0.692 bits per heavy atom. The molecular weight excluding hydrogens is 316 g/mol. The molecule has 0 saturated heterocycles. The summed E-state index contributed by atoms with van der Waals surface area (Å²) in [6.45, 7) is 7.74. The van der Waals surface area contributed by atoms with Gasteiger partial charge in [0.15, 0.2) is 17.4 Å². The van der Waals surface area contributed by atoms with Crippen molar-refractivity contribution in [3.8, 4) is 0 Å². The highest BCUT2D eigenvalue weighted by Gasteiger charge is 2.23. The van der Waals surface area contributed by atoms with E-state index in [1.54, 1.807) is 0 Å². The molecule has 2 aromatic carbocycles. The molecule has 0 aliphatic carbocycles. The zero-order valence-electron chi connectivity index (χ0n) is 15.8. The van der Waals surface area contributed by atoms with E-state index in [0.717, 1.165) is 13.0 Å². The van der Waals surface area contributed by atoms with E-state index >= 15 is 0 Å². The first-order valence-electron chi connectivity index (χ1n) is 9.51. The second-order valence-electron chi connectivity index (χ2n) is 7.15. The number of hydrogen-bond donors (Lipinski definition) is 0. The molecule has 0 saturated carbocycles. The number of aryl methyl sites for hydroxylation is 1. The fourth-order valence-electron chi connectivity index (χ4n) is 4.04. The van der Waals surface area contributed by atoms with Crippen molar-refractivity contribution in [2.45, 2.75) is 39.8 Å². The van der Waals surface area contributed by atoms with Crippen LogP contribution in [0.15, 0.2) is 72.8 Å². The van der Waals surface area contributed by atoms with Crippen LogP contribution in [-0.2, 0) is 13.0 Å². The van der Waals surface area contributed by atoms with Crippen molar-refractivity contribution < 1.29 is 9.13 Å². The maximum Gasteiger partial charge on any atom is 0.212 e. The highest BCUT2D eigenvalue weighted by molar-refractivity contribution is 5.76. The zero-order valence-corrected chi connectivity index (χ0v) is 15.8. The molecule has 0 N–H and O–H groups in total. The molecule has 0 bridgehead atoms. The van der Waals surface area contributed by atoms with E-state index in [0.29, 0.717) is 6.04 Å². The molecule has 26 heavy (non-hydrogen) atoms. The van der Waals surface area contributed by atoms with Gasteiger partial charge in [0.2, 0.25) is 11.0 Å². The van der Waals surface area contributed by atoms with E-state index in [-0.39, 0.29) is 0 Å². The minimum atomic E-state index is 0.423. The molecule has 130 valence electrons. The van der Waals surface area contributed by atoms with E-state index in [9.17, 15) is 0 Å². The Morgan fingerprint density at radius 2 is 1.27 bits per heavy atom. The molecule has 0 radical (unpaired) electrons. The van der Waals surface area contributed by atoms with Crippen LogP contribution in [0.3, 0.4) is 0 Å². The molecule has 0 unspecified atom stereocenters. The normalized spacial score (nSPS) is 11.5. The van der Waals surface area contributed by atoms with Gasteiger partial charge in [-0.3, -0.25) is 0 Å². The molecule has 2 nitrogen and oxygen atoms in total. The molecule has 4 rings (SSSR count). The summed E-state index contributed by atoms with van der Waals surface area (Å²) < 4.78 is 4.92. The molecule has 0 spiro atoms. The second kappa shape index (κ2) is 6.87. The number of fused-ring (bicyclic) bond motifs is 2. The van der Waals surface area contributed by atoms with Crippen LogP contribution < -0.4 is 9.13 Å². The fraction of sp³-hybridized carbons (Fsp3) is 0.250. The lowest BCUT2D eigenvalue weighted by atomic mass is 10.1. The number of pyridine rings is 2. The molecule has 0 fully saturated rings. The summed E-state index contributed by atoms with van der Waals surface area (Å²) in [6.07, 6.45) is 0.932. The molecule has 2 aromatic heterocycles. The molecule has 2 heterocycles. The lowest BCUT2D eigenvalue weighted by Crippen LogP contribution is -2.44. The van der Waals surface area contributed by atoms with E-state index in [1.165, 1.54) is 33.2 Å². The Kier molecular flexibility index (Phi) is 4.42. The van der Waals surface area contributed by atoms with E-state index in [1.807, 2.05) is 0 Å². The molecule has 0 atom stereocenters. The first-order chi connectivity index (χ1) is 12.7. The standard InChI is InChI=1S/C24H26N2/c1-4-25-21(15-13-19-9-5-7-11-23(19)25)17-22-16-14-20-10-6-8-12-24(20)26(22)18(2)3/h5-16,18H,4,17H2,1-3H3/q+2. The average molecular weight is 342 g/mol. The van der Waals surface area contributed by atoms with Crippen molar-refractivity contribution >= 4 is 21.8 Å². The summed E-state index contributed by atoms with van der Waals surface area (Å²) in [6, 6.07) is 26.8. The van der Waals surface area contributed by atoms with Crippen LogP contribution in [-0.4, -0.2) is 0 Å². The van der Waals surface area contributed by atoms with Gasteiger partial charge >= 0.3 is 0 Å². The summed E-state index contributed by atoms with van der Waals surface area (Å²) in [5.41, 5.74) is 5.33. The fourth-order valence-corrected chi connectivity index (χ4v) is 4.04. The number of benzene rings is 2. The van der Waals surface area contributed by atoms with E-state index < -0.39 is 0 Å². The maximum atomic E-state index is 2.48. The Balaban J connectivity index is 1.88. The quantitative estimate of drug-likeness (QED) is 0.472. The van der Waals surface area contributed by atoms with Crippen LogP contribution in [0.25, 0.3) is 21.8 Å². The maximum absolute atomic E-state index is 2.48. The van der Waals surface area contributed by atoms with Gasteiger partial charge in [-0.05, 0) is 45.0 Å². The Labute approximate surface area is 155 Å². The van der Waals surface area contributed by atoms with Gasteiger partial charge in [0.05, 0.1) is 0 Å². The zero-order chi connectivity index (χ0) is 18.1. The van der Waals surface area contributed by atoms with Crippen molar-refractivity contribution in [2.75, 3.05) is 0 Å². The van der Waals surface area contributed by atoms with Crippen LogP contribution in [0.5, 0.6) is 0 Å². The van der Waals surface area contributed by atoms with E-state index in [2.05, 4.69) is 103 Å². The topological polar surface area (TPSA) is 7.76 Å². The van der Waals surface area contributed by atoms with Crippen LogP contribution >= 0.6 is 0 Å². The van der Waals surface area contributed by atoms with Crippen molar-refractivity contribution in [2.24, 2.45) is 0 Å². The van der Waals surface area contributed by atoms with Gasteiger partial charge in [-0.25, -0.2) is 0 Å². The van der Waals surface area contributed by atoms with Gasteiger partial charge in [-0.2, -0.15) is 9.13 Å². The Morgan fingerprint density at radius 3 is 1.92 bits per heavy atom. The lowest BCUT2D eigenvalue weighted by Gasteiger charge is -2.11. The molecule has 0 amide bonds. The second-order valence-corrected chi connectivity index (χ2v) is 7.15. The third-order valence-electron chi connectivity index (χ3n) is 5.19. The predicted octanol–water partition coefficient (Wildman–Crippen LogP) is 4.76.